The second-order valence-corrected chi connectivity index (χ2v) is 5.30. The molecule has 0 aliphatic heterocycles. The largest absolute Gasteiger partial charge is 0.382 e. The third-order valence-electron chi connectivity index (χ3n) is 2.67. The van der Waals surface area contributed by atoms with Crippen LogP contribution in [-0.4, -0.2) is 23.0 Å². The third kappa shape index (κ3) is 3.81. The van der Waals surface area contributed by atoms with Gasteiger partial charge in [0, 0.05) is 35.1 Å². The molecule has 0 amide bonds. The summed E-state index contributed by atoms with van der Waals surface area (Å²) < 4.78 is 8.55. The first kappa shape index (κ1) is 13.5. The lowest BCUT2D eigenvalue weighted by atomic mass is 10.1. The highest BCUT2D eigenvalue weighted by Gasteiger charge is 2.02. The molecule has 1 aromatic heterocycles. The summed E-state index contributed by atoms with van der Waals surface area (Å²) >= 11 is 2.33. The predicted octanol–water partition coefficient (Wildman–Crippen LogP) is 3.58. The molecule has 4 heteroatoms. The van der Waals surface area contributed by atoms with Crippen LogP contribution in [0.4, 0.5) is 0 Å². The normalized spacial score (nSPS) is 10.8. The Hall–Kier alpha value is -0.880. The Bertz CT molecular complexity index is 496. The summed E-state index contributed by atoms with van der Waals surface area (Å²) in [6.45, 7) is 4.51. The highest BCUT2D eigenvalue weighted by atomic mass is 127. The number of rotatable bonds is 6. The number of nitrogens with zero attached hydrogens (tertiary/aromatic N) is 2. The number of aromatic nitrogens is 2. The zero-order chi connectivity index (χ0) is 12.8. The fourth-order valence-electron chi connectivity index (χ4n) is 1.78. The van der Waals surface area contributed by atoms with E-state index < -0.39 is 0 Å². The zero-order valence-electron chi connectivity index (χ0n) is 10.5. The standard InChI is InChI=1S/C14H17IN2O/c1-2-18-8-4-7-17-11-13(10-16-17)12-5-3-6-14(15)9-12/h3,5-6,9-11H,2,4,7-8H2,1H3. The molecular weight excluding hydrogens is 339 g/mol. The van der Waals surface area contributed by atoms with Crippen LogP contribution < -0.4 is 0 Å². The van der Waals surface area contributed by atoms with Crippen molar-refractivity contribution in [2.75, 3.05) is 13.2 Å². The molecule has 1 heterocycles. The van der Waals surface area contributed by atoms with Crippen molar-refractivity contribution in [2.24, 2.45) is 0 Å². The summed E-state index contributed by atoms with van der Waals surface area (Å²) in [5.74, 6) is 0. The molecule has 0 aliphatic rings. The SMILES string of the molecule is CCOCCCn1cc(-c2cccc(I)c2)cn1. The van der Waals surface area contributed by atoms with Crippen LogP contribution in [0.5, 0.6) is 0 Å². The van der Waals surface area contributed by atoms with Gasteiger partial charge in [-0.15, -0.1) is 0 Å². The maximum absolute atomic E-state index is 5.32. The number of benzene rings is 1. The average molecular weight is 356 g/mol. The maximum atomic E-state index is 5.32. The van der Waals surface area contributed by atoms with Crippen molar-refractivity contribution in [3.8, 4) is 11.1 Å². The number of halogens is 1. The quantitative estimate of drug-likeness (QED) is 0.584. The van der Waals surface area contributed by atoms with E-state index in [2.05, 4.69) is 58.2 Å². The van der Waals surface area contributed by atoms with E-state index >= 15 is 0 Å². The molecule has 0 unspecified atom stereocenters. The monoisotopic (exact) mass is 356 g/mol. The molecule has 0 spiro atoms. The average Bonchev–Trinajstić information content (AvgIpc) is 2.83. The van der Waals surface area contributed by atoms with Crippen molar-refractivity contribution in [1.82, 2.24) is 9.78 Å². The topological polar surface area (TPSA) is 27.1 Å². The molecule has 3 nitrogen and oxygen atoms in total. The molecule has 0 saturated carbocycles. The van der Waals surface area contributed by atoms with Gasteiger partial charge >= 0.3 is 0 Å². The Morgan fingerprint density at radius 2 is 2.22 bits per heavy atom. The van der Waals surface area contributed by atoms with Crippen LogP contribution in [0.25, 0.3) is 11.1 Å². The summed E-state index contributed by atoms with van der Waals surface area (Å²) in [5.41, 5.74) is 2.39. The van der Waals surface area contributed by atoms with E-state index in [0.29, 0.717) is 0 Å². The molecule has 2 rings (SSSR count). The summed E-state index contributed by atoms with van der Waals surface area (Å²) in [5, 5.41) is 4.38. The highest BCUT2D eigenvalue weighted by molar-refractivity contribution is 14.1. The molecule has 1 aromatic carbocycles. The van der Waals surface area contributed by atoms with Crippen LogP contribution in [0.1, 0.15) is 13.3 Å². The van der Waals surface area contributed by atoms with Crippen LogP contribution in [0.15, 0.2) is 36.7 Å². The van der Waals surface area contributed by atoms with Gasteiger partial charge in [-0.2, -0.15) is 5.10 Å². The minimum Gasteiger partial charge on any atom is -0.382 e. The second kappa shape index (κ2) is 6.89. The van der Waals surface area contributed by atoms with Crippen LogP contribution in [0.3, 0.4) is 0 Å². The van der Waals surface area contributed by atoms with Gasteiger partial charge in [-0.3, -0.25) is 4.68 Å². The van der Waals surface area contributed by atoms with Crippen molar-refractivity contribution >= 4 is 22.6 Å². The van der Waals surface area contributed by atoms with E-state index in [4.69, 9.17) is 4.74 Å². The Labute approximate surface area is 121 Å². The molecule has 96 valence electrons. The van der Waals surface area contributed by atoms with Crippen molar-refractivity contribution in [2.45, 2.75) is 19.9 Å². The molecule has 2 aromatic rings. The Kier molecular flexibility index (Phi) is 5.19. The van der Waals surface area contributed by atoms with Gasteiger partial charge < -0.3 is 4.74 Å². The van der Waals surface area contributed by atoms with Gasteiger partial charge in [0.15, 0.2) is 0 Å². The summed E-state index contributed by atoms with van der Waals surface area (Å²) in [6.07, 6.45) is 5.02. The van der Waals surface area contributed by atoms with Gasteiger partial charge in [-0.05, 0) is 53.6 Å². The van der Waals surface area contributed by atoms with E-state index in [0.717, 1.165) is 26.2 Å². The van der Waals surface area contributed by atoms with Crippen molar-refractivity contribution in [3.05, 3.63) is 40.2 Å². The van der Waals surface area contributed by atoms with Crippen LogP contribution in [-0.2, 0) is 11.3 Å². The molecule has 0 N–H and O–H groups in total. The molecule has 0 fully saturated rings. The lowest BCUT2D eigenvalue weighted by Gasteiger charge is -2.01. The van der Waals surface area contributed by atoms with Crippen LogP contribution >= 0.6 is 22.6 Å². The second-order valence-electron chi connectivity index (χ2n) is 4.05. The van der Waals surface area contributed by atoms with E-state index in [1.807, 2.05) is 17.8 Å². The first-order valence-electron chi connectivity index (χ1n) is 6.15. The van der Waals surface area contributed by atoms with E-state index in [9.17, 15) is 0 Å². The number of aryl methyl sites for hydroxylation is 1. The fourth-order valence-corrected chi connectivity index (χ4v) is 2.32. The number of hydrogen-bond donors (Lipinski definition) is 0. The van der Waals surface area contributed by atoms with Crippen LogP contribution in [0.2, 0.25) is 0 Å². The molecule has 0 radical (unpaired) electrons. The van der Waals surface area contributed by atoms with E-state index in [1.54, 1.807) is 0 Å². The maximum Gasteiger partial charge on any atom is 0.0568 e. The first-order valence-corrected chi connectivity index (χ1v) is 7.23. The summed E-state index contributed by atoms with van der Waals surface area (Å²) in [7, 11) is 0. The Balaban J connectivity index is 1.97. The van der Waals surface area contributed by atoms with Crippen molar-refractivity contribution in [3.63, 3.8) is 0 Å². The molecule has 0 saturated heterocycles. The first-order chi connectivity index (χ1) is 8.79. The Morgan fingerprint density at radius 3 is 3.00 bits per heavy atom. The lowest BCUT2D eigenvalue weighted by Crippen LogP contribution is -2.02. The van der Waals surface area contributed by atoms with Gasteiger partial charge in [0.2, 0.25) is 0 Å². The molecular formula is C14H17IN2O. The highest BCUT2D eigenvalue weighted by Crippen LogP contribution is 2.20. The number of hydrogen-bond acceptors (Lipinski definition) is 2. The minimum atomic E-state index is 0.785. The summed E-state index contributed by atoms with van der Waals surface area (Å²) in [6, 6.07) is 8.45. The predicted molar refractivity (Wildman–Crippen MR) is 81.5 cm³/mol. The lowest BCUT2D eigenvalue weighted by molar-refractivity contribution is 0.141. The van der Waals surface area contributed by atoms with Gasteiger partial charge in [-0.1, -0.05) is 12.1 Å². The molecule has 0 atom stereocenters. The van der Waals surface area contributed by atoms with Gasteiger partial charge in [0.25, 0.3) is 0 Å². The number of ether oxygens (including phenoxy) is 1. The van der Waals surface area contributed by atoms with Gasteiger partial charge in [0.1, 0.15) is 0 Å². The van der Waals surface area contributed by atoms with Crippen LogP contribution in [0, 0.1) is 3.57 Å². The third-order valence-corrected chi connectivity index (χ3v) is 3.34. The van der Waals surface area contributed by atoms with Gasteiger partial charge in [-0.25, -0.2) is 0 Å². The van der Waals surface area contributed by atoms with E-state index in [1.165, 1.54) is 14.7 Å². The van der Waals surface area contributed by atoms with Crippen molar-refractivity contribution in [1.29, 1.82) is 0 Å². The summed E-state index contributed by atoms with van der Waals surface area (Å²) in [4.78, 5) is 0. The molecule has 18 heavy (non-hydrogen) atoms. The fraction of sp³-hybridized carbons (Fsp3) is 0.357. The zero-order valence-corrected chi connectivity index (χ0v) is 12.6. The van der Waals surface area contributed by atoms with Crippen molar-refractivity contribution < 1.29 is 4.74 Å². The smallest absolute Gasteiger partial charge is 0.0568 e. The minimum absolute atomic E-state index is 0.785. The molecule has 0 aliphatic carbocycles. The van der Waals surface area contributed by atoms with Gasteiger partial charge in [0.05, 0.1) is 6.20 Å². The molecule has 0 bridgehead atoms. The Morgan fingerprint density at radius 1 is 1.33 bits per heavy atom. The van der Waals surface area contributed by atoms with E-state index in [-0.39, 0.29) is 0 Å².